The Morgan fingerprint density at radius 3 is 1.87 bits per heavy atom. The zero-order valence-corrected chi connectivity index (χ0v) is 18.5. The first-order chi connectivity index (χ1) is 14.5. The summed E-state index contributed by atoms with van der Waals surface area (Å²) < 4.78 is 27.5. The minimum absolute atomic E-state index is 0.370. The standard InChI is InChI=1S/C21H27ClN2O6/c1-6-28-18-9-13(10-19(29-7-2)20(18)30-8-3)23-21(25)24-15-12-16(26-4)14(22)11-17(15)27-5/h9-12H,6-8H2,1-5H3,(H2,23,24,25). The summed E-state index contributed by atoms with van der Waals surface area (Å²) in [6.07, 6.45) is 0. The van der Waals surface area contributed by atoms with E-state index in [1.165, 1.54) is 14.2 Å². The summed E-state index contributed by atoms with van der Waals surface area (Å²) in [5.41, 5.74) is 0.875. The predicted octanol–water partition coefficient (Wildman–Crippen LogP) is 5.20. The summed E-state index contributed by atoms with van der Waals surface area (Å²) in [6.45, 7) is 6.92. The third-order valence-electron chi connectivity index (χ3n) is 3.89. The van der Waals surface area contributed by atoms with Crippen LogP contribution in [0.5, 0.6) is 28.7 Å². The van der Waals surface area contributed by atoms with Gasteiger partial charge in [0.1, 0.15) is 11.5 Å². The molecule has 30 heavy (non-hydrogen) atoms. The molecule has 0 aliphatic heterocycles. The molecule has 2 N–H and O–H groups in total. The van der Waals surface area contributed by atoms with Crippen molar-refractivity contribution in [1.82, 2.24) is 0 Å². The quantitative estimate of drug-likeness (QED) is 0.530. The Bertz CT molecular complexity index is 848. The van der Waals surface area contributed by atoms with Gasteiger partial charge in [-0.25, -0.2) is 4.79 Å². The fraction of sp³-hybridized carbons (Fsp3) is 0.381. The minimum Gasteiger partial charge on any atom is -0.495 e. The zero-order chi connectivity index (χ0) is 22.1. The van der Waals surface area contributed by atoms with Gasteiger partial charge in [0.2, 0.25) is 5.75 Å². The summed E-state index contributed by atoms with van der Waals surface area (Å²) in [6, 6.07) is 6.00. The van der Waals surface area contributed by atoms with Crippen LogP contribution in [-0.4, -0.2) is 40.1 Å². The van der Waals surface area contributed by atoms with E-state index in [9.17, 15) is 4.79 Å². The van der Waals surface area contributed by atoms with Gasteiger partial charge in [0.25, 0.3) is 0 Å². The van der Waals surface area contributed by atoms with Crippen LogP contribution in [0, 0.1) is 0 Å². The third kappa shape index (κ3) is 5.76. The largest absolute Gasteiger partial charge is 0.495 e. The van der Waals surface area contributed by atoms with E-state index < -0.39 is 6.03 Å². The van der Waals surface area contributed by atoms with Gasteiger partial charge in [-0.15, -0.1) is 0 Å². The summed E-state index contributed by atoms with van der Waals surface area (Å²) in [5.74, 6) is 2.26. The molecule has 164 valence electrons. The number of amides is 2. The van der Waals surface area contributed by atoms with E-state index in [1.54, 1.807) is 24.3 Å². The number of hydrogen-bond donors (Lipinski definition) is 2. The van der Waals surface area contributed by atoms with E-state index in [0.29, 0.717) is 65.0 Å². The number of halogens is 1. The SMILES string of the molecule is CCOc1cc(NC(=O)Nc2cc(OC)c(Cl)cc2OC)cc(OCC)c1OCC. The van der Waals surface area contributed by atoms with E-state index in [1.807, 2.05) is 20.8 Å². The van der Waals surface area contributed by atoms with Crippen LogP contribution in [0.3, 0.4) is 0 Å². The van der Waals surface area contributed by atoms with Crippen molar-refractivity contribution in [3.05, 3.63) is 29.3 Å². The lowest BCUT2D eigenvalue weighted by molar-refractivity contribution is 0.260. The number of methoxy groups -OCH3 is 2. The Balaban J connectivity index is 2.30. The van der Waals surface area contributed by atoms with Gasteiger partial charge in [0, 0.05) is 24.3 Å². The van der Waals surface area contributed by atoms with Crippen LogP contribution in [-0.2, 0) is 0 Å². The normalized spacial score (nSPS) is 10.2. The molecule has 0 saturated carbocycles. The molecule has 2 rings (SSSR count). The highest BCUT2D eigenvalue weighted by Gasteiger charge is 2.17. The maximum atomic E-state index is 12.6. The molecule has 2 aromatic carbocycles. The molecule has 8 nitrogen and oxygen atoms in total. The van der Waals surface area contributed by atoms with Crippen molar-refractivity contribution in [1.29, 1.82) is 0 Å². The molecule has 0 spiro atoms. The summed E-state index contributed by atoms with van der Waals surface area (Å²) >= 11 is 6.11. The monoisotopic (exact) mass is 438 g/mol. The van der Waals surface area contributed by atoms with Crippen molar-refractivity contribution < 1.29 is 28.5 Å². The van der Waals surface area contributed by atoms with Crippen molar-refractivity contribution in [2.75, 3.05) is 44.7 Å². The number of carbonyl (C=O) groups is 1. The molecule has 0 heterocycles. The molecule has 0 aliphatic rings. The number of benzene rings is 2. The van der Waals surface area contributed by atoms with Crippen molar-refractivity contribution >= 4 is 29.0 Å². The van der Waals surface area contributed by atoms with Crippen LogP contribution in [0.4, 0.5) is 16.2 Å². The first-order valence-electron chi connectivity index (χ1n) is 9.53. The van der Waals surface area contributed by atoms with Crippen LogP contribution in [0.2, 0.25) is 5.02 Å². The molecule has 0 atom stereocenters. The number of carbonyl (C=O) groups excluding carboxylic acids is 1. The Labute approximate surface area is 181 Å². The highest BCUT2D eigenvalue weighted by Crippen LogP contribution is 2.41. The predicted molar refractivity (Wildman–Crippen MR) is 117 cm³/mol. The van der Waals surface area contributed by atoms with Crippen molar-refractivity contribution in [2.45, 2.75) is 20.8 Å². The molecule has 0 fully saturated rings. The summed E-state index contributed by atoms with van der Waals surface area (Å²) in [7, 11) is 2.97. The van der Waals surface area contributed by atoms with Crippen molar-refractivity contribution in [3.63, 3.8) is 0 Å². The summed E-state index contributed by atoms with van der Waals surface area (Å²) in [5, 5.41) is 5.86. The topological polar surface area (TPSA) is 87.3 Å². The zero-order valence-electron chi connectivity index (χ0n) is 17.8. The molecule has 9 heteroatoms. The van der Waals surface area contributed by atoms with Gasteiger partial charge in [-0.05, 0) is 20.8 Å². The Kier molecular flexibility index (Phi) is 8.73. The molecular formula is C21H27ClN2O6. The van der Waals surface area contributed by atoms with Gasteiger partial charge in [-0.1, -0.05) is 11.6 Å². The molecule has 2 aromatic rings. The Morgan fingerprint density at radius 2 is 1.37 bits per heavy atom. The second-order valence-corrected chi connectivity index (χ2v) is 6.27. The maximum Gasteiger partial charge on any atom is 0.323 e. The number of hydrogen-bond acceptors (Lipinski definition) is 6. The fourth-order valence-corrected chi connectivity index (χ4v) is 2.93. The number of nitrogens with one attached hydrogen (secondary N) is 2. The second kappa shape index (κ2) is 11.3. The fourth-order valence-electron chi connectivity index (χ4n) is 2.70. The lowest BCUT2D eigenvalue weighted by Crippen LogP contribution is -2.20. The Morgan fingerprint density at radius 1 is 0.800 bits per heavy atom. The van der Waals surface area contributed by atoms with Crippen LogP contribution >= 0.6 is 11.6 Å². The van der Waals surface area contributed by atoms with Crippen LogP contribution < -0.4 is 34.3 Å². The van der Waals surface area contributed by atoms with Crippen molar-refractivity contribution in [3.8, 4) is 28.7 Å². The summed E-state index contributed by atoms with van der Waals surface area (Å²) in [4.78, 5) is 12.6. The van der Waals surface area contributed by atoms with Gasteiger partial charge in [0.05, 0.1) is 50.4 Å². The highest BCUT2D eigenvalue weighted by molar-refractivity contribution is 6.32. The molecular weight excluding hydrogens is 412 g/mol. The van der Waals surface area contributed by atoms with E-state index in [4.69, 9.17) is 35.3 Å². The van der Waals surface area contributed by atoms with Gasteiger partial charge in [0.15, 0.2) is 11.5 Å². The first-order valence-corrected chi connectivity index (χ1v) is 9.90. The number of ether oxygens (including phenoxy) is 5. The molecule has 0 aliphatic carbocycles. The third-order valence-corrected chi connectivity index (χ3v) is 4.18. The van der Waals surface area contributed by atoms with E-state index >= 15 is 0 Å². The average molecular weight is 439 g/mol. The number of anilines is 2. The lowest BCUT2D eigenvalue weighted by Gasteiger charge is -2.18. The number of rotatable bonds is 10. The molecule has 0 saturated heterocycles. The minimum atomic E-state index is -0.494. The maximum absolute atomic E-state index is 12.6. The highest BCUT2D eigenvalue weighted by atomic mass is 35.5. The molecule has 0 radical (unpaired) electrons. The Hall–Kier alpha value is -3.00. The molecule has 0 aromatic heterocycles. The van der Waals surface area contributed by atoms with Gasteiger partial charge in [-0.2, -0.15) is 0 Å². The van der Waals surface area contributed by atoms with E-state index in [0.717, 1.165) is 0 Å². The van der Waals surface area contributed by atoms with Gasteiger partial charge in [-0.3, -0.25) is 0 Å². The molecule has 0 unspecified atom stereocenters. The van der Waals surface area contributed by atoms with Crippen LogP contribution in [0.15, 0.2) is 24.3 Å². The van der Waals surface area contributed by atoms with Crippen molar-refractivity contribution in [2.24, 2.45) is 0 Å². The van der Waals surface area contributed by atoms with E-state index in [2.05, 4.69) is 10.6 Å². The lowest BCUT2D eigenvalue weighted by atomic mass is 10.2. The number of urea groups is 1. The molecule has 0 bridgehead atoms. The van der Waals surface area contributed by atoms with Gasteiger partial charge < -0.3 is 34.3 Å². The van der Waals surface area contributed by atoms with Gasteiger partial charge >= 0.3 is 6.03 Å². The first kappa shape index (κ1) is 23.3. The van der Waals surface area contributed by atoms with Crippen LogP contribution in [0.25, 0.3) is 0 Å². The average Bonchev–Trinajstić information content (AvgIpc) is 2.71. The van der Waals surface area contributed by atoms with E-state index in [-0.39, 0.29) is 0 Å². The van der Waals surface area contributed by atoms with Crippen LogP contribution in [0.1, 0.15) is 20.8 Å². The smallest absolute Gasteiger partial charge is 0.323 e. The second-order valence-electron chi connectivity index (χ2n) is 5.87. The molecule has 2 amide bonds.